The van der Waals surface area contributed by atoms with Gasteiger partial charge in [0.05, 0.1) is 0 Å². The molecule has 0 saturated carbocycles. The highest BCUT2D eigenvalue weighted by Gasteiger charge is 2.17. The van der Waals surface area contributed by atoms with Crippen LogP contribution in [-0.2, 0) is 6.54 Å². The number of fused-ring (bicyclic) bond motifs is 1. The number of benzene rings is 2. The molecule has 0 radical (unpaired) electrons. The lowest BCUT2D eigenvalue weighted by molar-refractivity contribution is 0.313. The number of piperazine rings is 1. The number of aryl methyl sites for hydroxylation is 1. The number of anilines is 3. The van der Waals surface area contributed by atoms with Crippen LogP contribution in [0.5, 0.6) is 0 Å². The second kappa shape index (κ2) is 10.5. The van der Waals surface area contributed by atoms with Crippen LogP contribution < -0.4 is 15.8 Å². The van der Waals surface area contributed by atoms with Crippen molar-refractivity contribution < 1.29 is 4.42 Å². The van der Waals surface area contributed by atoms with Crippen LogP contribution in [0.1, 0.15) is 6.92 Å². The summed E-state index contributed by atoms with van der Waals surface area (Å²) in [6.45, 7) is 6.50. The zero-order valence-electron chi connectivity index (χ0n) is 21.6. The highest BCUT2D eigenvalue weighted by atomic mass is 35.5. The first-order valence-electron chi connectivity index (χ1n) is 12.8. The third-order valence-electron chi connectivity index (χ3n) is 7.00. The van der Waals surface area contributed by atoms with E-state index in [2.05, 4.69) is 49.5 Å². The van der Waals surface area contributed by atoms with Crippen LogP contribution in [0.2, 0.25) is 5.02 Å². The van der Waals surface area contributed by atoms with Crippen LogP contribution in [-0.4, -0.2) is 62.9 Å². The number of likely N-dealkylation sites (N-methyl/N-ethyl adjacent to an activating group) is 1. The zero-order valence-corrected chi connectivity index (χ0v) is 22.4. The maximum Gasteiger partial charge on any atom is 0.260 e. The van der Waals surface area contributed by atoms with E-state index in [1.807, 2.05) is 19.1 Å². The van der Waals surface area contributed by atoms with E-state index in [1.54, 1.807) is 35.0 Å². The van der Waals surface area contributed by atoms with Crippen molar-refractivity contribution in [1.29, 1.82) is 0 Å². The summed E-state index contributed by atoms with van der Waals surface area (Å²) in [5.74, 6) is 0.779. The fraction of sp³-hybridized carbons (Fsp3) is 0.250. The Morgan fingerprint density at radius 1 is 1.03 bits per heavy atom. The normalized spacial score (nSPS) is 14.2. The van der Waals surface area contributed by atoms with Crippen molar-refractivity contribution in [3.8, 4) is 22.6 Å². The molecule has 0 unspecified atom stereocenters. The van der Waals surface area contributed by atoms with Gasteiger partial charge in [0, 0.05) is 77.4 Å². The first kappa shape index (κ1) is 25.0. The summed E-state index contributed by atoms with van der Waals surface area (Å²) in [7, 11) is 2.15. The lowest BCUT2D eigenvalue weighted by Gasteiger charge is -2.34. The minimum absolute atomic E-state index is 0.182. The molecule has 0 aliphatic carbocycles. The highest BCUT2D eigenvalue weighted by Crippen LogP contribution is 2.31. The first-order chi connectivity index (χ1) is 19.0. The van der Waals surface area contributed by atoms with Crippen LogP contribution >= 0.6 is 11.6 Å². The van der Waals surface area contributed by atoms with E-state index in [9.17, 15) is 4.79 Å². The summed E-state index contributed by atoms with van der Waals surface area (Å²) in [6, 6.07) is 15.3. The summed E-state index contributed by atoms with van der Waals surface area (Å²) < 4.78 is 6.89. The smallest absolute Gasteiger partial charge is 0.260 e. The summed E-state index contributed by atoms with van der Waals surface area (Å²) in [4.78, 5) is 27.5. The second-order valence-electron chi connectivity index (χ2n) is 9.48. The number of rotatable bonds is 6. The molecule has 4 heterocycles. The minimum atomic E-state index is -0.182. The van der Waals surface area contributed by atoms with Gasteiger partial charge in [0.25, 0.3) is 5.56 Å². The number of nitrogens with one attached hydrogen (secondary N) is 1. The largest absolute Gasteiger partial charge is 0.423 e. The average Bonchev–Trinajstić information content (AvgIpc) is 3.49. The predicted octanol–water partition coefficient (Wildman–Crippen LogP) is 4.68. The Morgan fingerprint density at radius 2 is 1.82 bits per heavy atom. The van der Waals surface area contributed by atoms with Gasteiger partial charge < -0.3 is 19.5 Å². The van der Waals surface area contributed by atoms with Gasteiger partial charge in [0.15, 0.2) is 0 Å². The van der Waals surface area contributed by atoms with Crippen LogP contribution in [0.4, 0.5) is 17.3 Å². The Morgan fingerprint density at radius 3 is 2.51 bits per heavy atom. The molecular formula is C28H27ClN8O2. The van der Waals surface area contributed by atoms with E-state index in [-0.39, 0.29) is 5.56 Å². The third-order valence-corrected chi connectivity index (χ3v) is 7.31. The number of hydrogen-bond donors (Lipinski definition) is 1. The van der Waals surface area contributed by atoms with E-state index in [0.29, 0.717) is 45.7 Å². The lowest BCUT2D eigenvalue weighted by Crippen LogP contribution is -2.44. The van der Waals surface area contributed by atoms with E-state index < -0.39 is 0 Å². The maximum absolute atomic E-state index is 13.5. The van der Waals surface area contributed by atoms with Crippen molar-refractivity contribution in [3.63, 3.8) is 0 Å². The molecule has 5 aromatic rings. The van der Waals surface area contributed by atoms with Gasteiger partial charge in [-0.3, -0.25) is 9.36 Å². The quantitative estimate of drug-likeness (QED) is 0.327. The van der Waals surface area contributed by atoms with E-state index in [0.717, 1.165) is 37.3 Å². The molecule has 0 atom stereocenters. The maximum atomic E-state index is 13.5. The van der Waals surface area contributed by atoms with Crippen molar-refractivity contribution >= 4 is 40.0 Å². The van der Waals surface area contributed by atoms with Gasteiger partial charge in [-0.15, -0.1) is 10.2 Å². The zero-order chi connectivity index (χ0) is 26.9. The monoisotopic (exact) mass is 542 g/mol. The Kier molecular flexibility index (Phi) is 6.72. The number of pyridine rings is 1. The van der Waals surface area contributed by atoms with Crippen molar-refractivity contribution in [3.05, 3.63) is 76.5 Å². The number of halogens is 1. The second-order valence-corrected chi connectivity index (χ2v) is 9.89. The number of nitrogens with zero attached hydrogens (tertiary/aromatic N) is 7. The van der Waals surface area contributed by atoms with Crippen LogP contribution in [0.3, 0.4) is 0 Å². The molecule has 1 saturated heterocycles. The molecule has 198 valence electrons. The third kappa shape index (κ3) is 4.96. The molecule has 11 heteroatoms. The fourth-order valence-electron chi connectivity index (χ4n) is 4.82. The van der Waals surface area contributed by atoms with Gasteiger partial charge in [-0.2, -0.15) is 4.98 Å². The summed E-state index contributed by atoms with van der Waals surface area (Å²) in [5.41, 5.74) is 4.20. The molecule has 1 fully saturated rings. The number of aromatic nitrogens is 5. The first-order valence-corrected chi connectivity index (χ1v) is 13.2. The molecule has 1 aliphatic rings. The lowest BCUT2D eigenvalue weighted by atomic mass is 10.0. The molecule has 6 rings (SSSR count). The molecule has 39 heavy (non-hydrogen) atoms. The van der Waals surface area contributed by atoms with Crippen molar-refractivity contribution in [2.75, 3.05) is 43.4 Å². The topological polar surface area (TPSA) is 105 Å². The standard InChI is InChI=1S/C28H27ClN8O2/c1-3-37-25-19(14-23(27(37)38)22-9-4-18(15-24(22)29)26-34-31-17-39-26)16-30-28(33-25)32-20-5-7-21(8-6-20)36-12-10-35(2)11-13-36/h4-9,14-17H,3,10-13H2,1-2H3,(H,30,32,33). The molecular weight excluding hydrogens is 516 g/mol. The van der Waals surface area contributed by atoms with Gasteiger partial charge in [-0.1, -0.05) is 17.7 Å². The molecule has 1 aliphatic heterocycles. The van der Waals surface area contributed by atoms with Gasteiger partial charge in [0.1, 0.15) is 5.65 Å². The van der Waals surface area contributed by atoms with Crippen LogP contribution in [0, 0.1) is 0 Å². The predicted molar refractivity (Wildman–Crippen MR) is 153 cm³/mol. The van der Waals surface area contributed by atoms with Crippen LogP contribution in [0.25, 0.3) is 33.6 Å². The molecule has 0 spiro atoms. The highest BCUT2D eigenvalue weighted by molar-refractivity contribution is 6.33. The Bertz CT molecular complexity index is 1680. The number of hydrogen-bond acceptors (Lipinski definition) is 9. The van der Waals surface area contributed by atoms with Crippen molar-refractivity contribution in [2.45, 2.75) is 13.5 Å². The molecule has 2 aromatic carbocycles. The van der Waals surface area contributed by atoms with E-state index in [1.165, 1.54) is 12.1 Å². The fourth-order valence-corrected chi connectivity index (χ4v) is 5.10. The Labute approximate surface area is 229 Å². The van der Waals surface area contributed by atoms with Gasteiger partial charge in [0.2, 0.25) is 18.2 Å². The van der Waals surface area contributed by atoms with Crippen molar-refractivity contribution in [1.82, 2.24) is 29.6 Å². The molecule has 10 nitrogen and oxygen atoms in total. The Balaban J connectivity index is 1.29. The van der Waals surface area contributed by atoms with Crippen molar-refractivity contribution in [2.24, 2.45) is 0 Å². The summed E-state index contributed by atoms with van der Waals surface area (Å²) in [6.07, 6.45) is 2.98. The summed E-state index contributed by atoms with van der Waals surface area (Å²) >= 11 is 6.60. The van der Waals surface area contributed by atoms with Crippen LogP contribution in [0.15, 0.2) is 70.3 Å². The SMILES string of the molecule is CCn1c(=O)c(-c2ccc(-c3nnco3)cc2Cl)cc2cnc(Nc3ccc(N4CCN(C)CC4)cc3)nc21. The average molecular weight is 543 g/mol. The molecule has 0 bridgehead atoms. The van der Waals surface area contributed by atoms with Gasteiger partial charge in [-0.05, 0) is 56.4 Å². The Hall–Kier alpha value is -4.28. The van der Waals surface area contributed by atoms with E-state index in [4.69, 9.17) is 21.0 Å². The molecule has 3 aromatic heterocycles. The molecule has 1 N–H and O–H groups in total. The van der Waals surface area contributed by atoms with Gasteiger partial charge in [-0.25, -0.2) is 4.98 Å². The van der Waals surface area contributed by atoms with E-state index >= 15 is 0 Å². The minimum Gasteiger partial charge on any atom is -0.423 e. The summed E-state index contributed by atoms with van der Waals surface area (Å²) in [5, 5.41) is 12.0. The van der Waals surface area contributed by atoms with Gasteiger partial charge >= 0.3 is 0 Å². The molecule has 0 amide bonds.